The predicted octanol–water partition coefficient (Wildman–Crippen LogP) is 1.10. The minimum atomic E-state index is -0.714. The molecule has 0 fully saturated rings. The van der Waals surface area contributed by atoms with Gasteiger partial charge in [0.15, 0.2) is 0 Å². The highest BCUT2D eigenvalue weighted by atomic mass is 16.3. The molecular formula is C18H28N4O4. The number of hydrogen-bond acceptors (Lipinski definition) is 4. The zero-order chi connectivity index (χ0) is 19.5. The van der Waals surface area contributed by atoms with Crippen LogP contribution in [-0.2, 0) is 16.2 Å². The summed E-state index contributed by atoms with van der Waals surface area (Å²) < 4.78 is 0. The SMILES string of the molecule is CC(C)CC(=O)N[C@H](CCCNC(N)=O)C(=O)Nc1ccc(CO)cc1. The third-order valence-corrected chi connectivity index (χ3v) is 3.62. The number of primary amides is 1. The van der Waals surface area contributed by atoms with Crippen molar-refractivity contribution in [2.75, 3.05) is 11.9 Å². The van der Waals surface area contributed by atoms with Gasteiger partial charge < -0.3 is 26.8 Å². The summed E-state index contributed by atoms with van der Waals surface area (Å²) >= 11 is 0. The number of hydrogen-bond donors (Lipinski definition) is 5. The first kappa shape index (κ1) is 21.4. The number of aliphatic hydroxyl groups is 1. The second kappa shape index (κ2) is 11.1. The maximum absolute atomic E-state index is 12.5. The summed E-state index contributed by atoms with van der Waals surface area (Å²) in [6.45, 7) is 4.10. The van der Waals surface area contributed by atoms with E-state index in [-0.39, 0.29) is 24.3 Å². The van der Waals surface area contributed by atoms with Crippen LogP contribution in [0.15, 0.2) is 24.3 Å². The molecule has 8 nitrogen and oxygen atoms in total. The van der Waals surface area contributed by atoms with E-state index in [1.54, 1.807) is 24.3 Å². The molecule has 0 radical (unpaired) electrons. The van der Waals surface area contributed by atoms with E-state index in [2.05, 4.69) is 16.0 Å². The third kappa shape index (κ3) is 8.48. The van der Waals surface area contributed by atoms with E-state index in [1.807, 2.05) is 13.8 Å². The molecule has 0 aliphatic carbocycles. The molecule has 144 valence electrons. The van der Waals surface area contributed by atoms with Gasteiger partial charge in [-0.25, -0.2) is 4.79 Å². The van der Waals surface area contributed by atoms with Gasteiger partial charge in [0.25, 0.3) is 0 Å². The molecule has 26 heavy (non-hydrogen) atoms. The van der Waals surface area contributed by atoms with Crippen LogP contribution in [0.4, 0.5) is 10.5 Å². The average Bonchev–Trinajstić information content (AvgIpc) is 2.57. The summed E-state index contributed by atoms with van der Waals surface area (Å²) in [6, 6.07) is 5.44. The fourth-order valence-corrected chi connectivity index (χ4v) is 2.33. The zero-order valence-corrected chi connectivity index (χ0v) is 15.2. The Kier molecular flexibility index (Phi) is 9.14. The Morgan fingerprint density at radius 1 is 1.15 bits per heavy atom. The van der Waals surface area contributed by atoms with Crippen molar-refractivity contribution >= 4 is 23.5 Å². The number of amides is 4. The van der Waals surface area contributed by atoms with E-state index in [0.717, 1.165) is 5.56 Å². The lowest BCUT2D eigenvalue weighted by molar-refractivity contribution is -0.127. The van der Waals surface area contributed by atoms with Gasteiger partial charge in [-0.1, -0.05) is 26.0 Å². The Labute approximate surface area is 153 Å². The maximum atomic E-state index is 12.5. The average molecular weight is 364 g/mol. The van der Waals surface area contributed by atoms with Crippen LogP contribution >= 0.6 is 0 Å². The van der Waals surface area contributed by atoms with Gasteiger partial charge in [0.2, 0.25) is 11.8 Å². The van der Waals surface area contributed by atoms with Gasteiger partial charge in [-0.15, -0.1) is 0 Å². The summed E-state index contributed by atoms with van der Waals surface area (Å²) in [6.07, 6.45) is 1.19. The summed E-state index contributed by atoms with van der Waals surface area (Å²) in [7, 11) is 0. The predicted molar refractivity (Wildman–Crippen MR) is 99.2 cm³/mol. The maximum Gasteiger partial charge on any atom is 0.312 e. The van der Waals surface area contributed by atoms with Gasteiger partial charge in [0.05, 0.1) is 6.61 Å². The van der Waals surface area contributed by atoms with Crippen molar-refractivity contribution in [3.63, 3.8) is 0 Å². The van der Waals surface area contributed by atoms with E-state index in [1.165, 1.54) is 0 Å². The van der Waals surface area contributed by atoms with Crippen molar-refractivity contribution in [2.45, 2.75) is 45.8 Å². The van der Waals surface area contributed by atoms with Crippen LogP contribution in [0.2, 0.25) is 0 Å². The molecule has 0 spiro atoms. The Morgan fingerprint density at radius 2 is 1.81 bits per heavy atom. The van der Waals surface area contributed by atoms with Gasteiger partial charge in [0, 0.05) is 18.7 Å². The van der Waals surface area contributed by atoms with Crippen molar-refractivity contribution in [3.8, 4) is 0 Å². The number of nitrogens with two attached hydrogens (primary N) is 1. The van der Waals surface area contributed by atoms with Crippen LogP contribution in [0, 0.1) is 5.92 Å². The van der Waals surface area contributed by atoms with Crippen LogP contribution in [0.25, 0.3) is 0 Å². The molecule has 8 heteroatoms. The normalized spacial score (nSPS) is 11.7. The monoisotopic (exact) mass is 364 g/mol. The van der Waals surface area contributed by atoms with Crippen LogP contribution < -0.4 is 21.7 Å². The molecule has 1 aromatic carbocycles. The molecule has 1 atom stereocenters. The fraction of sp³-hybridized carbons (Fsp3) is 0.500. The number of rotatable bonds is 10. The largest absolute Gasteiger partial charge is 0.392 e. The highest BCUT2D eigenvalue weighted by Gasteiger charge is 2.21. The molecule has 0 aliphatic rings. The van der Waals surface area contributed by atoms with Crippen LogP contribution in [0.5, 0.6) is 0 Å². The summed E-state index contributed by atoms with van der Waals surface area (Å²) in [5, 5.41) is 17.0. The highest BCUT2D eigenvalue weighted by molar-refractivity contribution is 5.97. The van der Waals surface area contributed by atoms with Gasteiger partial charge in [-0.05, 0) is 36.5 Å². The number of nitrogens with one attached hydrogen (secondary N) is 3. The van der Waals surface area contributed by atoms with E-state index < -0.39 is 12.1 Å². The molecule has 0 aliphatic heterocycles. The van der Waals surface area contributed by atoms with Crippen molar-refractivity contribution in [3.05, 3.63) is 29.8 Å². The Hall–Kier alpha value is -2.61. The molecule has 0 heterocycles. The summed E-state index contributed by atoms with van der Waals surface area (Å²) in [5.41, 5.74) is 6.33. The molecule has 0 aromatic heterocycles. The highest BCUT2D eigenvalue weighted by Crippen LogP contribution is 2.11. The van der Waals surface area contributed by atoms with Crippen molar-refractivity contribution in [1.82, 2.24) is 10.6 Å². The number of carbonyl (C=O) groups is 3. The second-order valence-electron chi connectivity index (χ2n) is 6.50. The van der Waals surface area contributed by atoms with Crippen molar-refractivity contribution in [1.29, 1.82) is 0 Å². The van der Waals surface area contributed by atoms with E-state index in [9.17, 15) is 14.4 Å². The van der Waals surface area contributed by atoms with Crippen molar-refractivity contribution in [2.24, 2.45) is 11.7 Å². The fourth-order valence-electron chi connectivity index (χ4n) is 2.33. The quantitative estimate of drug-likeness (QED) is 0.397. The molecule has 0 unspecified atom stereocenters. The third-order valence-electron chi connectivity index (χ3n) is 3.62. The number of aliphatic hydroxyl groups excluding tert-OH is 1. The topological polar surface area (TPSA) is 134 Å². The number of urea groups is 1. The van der Waals surface area contributed by atoms with Gasteiger partial charge in [0.1, 0.15) is 6.04 Å². The first-order chi connectivity index (χ1) is 12.3. The molecule has 1 aromatic rings. The van der Waals surface area contributed by atoms with Gasteiger partial charge in [-0.3, -0.25) is 9.59 Å². The summed E-state index contributed by atoms with van der Waals surface area (Å²) in [5.74, 6) is -0.349. The molecule has 6 N–H and O–H groups in total. The Morgan fingerprint density at radius 3 is 2.35 bits per heavy atom. The lowest BCUT2D eigenvalue weighted by Gasteiger charge is -2.19. The van der Waals surface area contributed by atoms with E-state index >= 15 is 0 Å². The Bertz CT molecular complexity index is 602. The number of carbonyl (C=O) groups excluding carboxylic acids is 3. The Balaban J connectivity index is 2.68. The molecule has 0 saturated carbocycles. The zero-order valence-electron chi connectivity index (χ0n) is 15.2. The first-order valence-electron chi connectivity index (χ1n) is 8.65. The molecule has 4 amide bonds. The lowest BCUT2D eigenvalue weighted by atomic mass is 10.1. The number of anilines is 1. The van der Waals surface area contributed by atoms with E-state index in [4.69, 9.17) is 10.8 Å². The second-order valence-corrected chi connectivity index (χ2v) is 6.50. The molecular weight excluding hydrogens is 336 g/mol. The molecule has 0 saturated heterocycles. The number of benzene rings is 1. The van der Waals surface area contributed by atoms with Gasteiger partial charge in [-0.2, -0.15) is 0 Å². The van der Waals surface area contributed by atoms with Crippen molar-refractivity contribution < 1.29 is 19.5 Å². The van der Waals surface area contributed by atoms with E-state index in [0.29, 0.717) is 31.5 Å². The minimum Gasteiger partial charge on any atom is -0.392 e. The first-order valence-corrected chi connectivity index (χ1v) is 8.65. The minimum absolute atomic E-state index is 0.0744. The van der Waals surface area contributed by atoms with Crippen LogP contribution in [0.3, 0.4) is 0 Å². The summed E-state index contributed by atoms with van der Waals surface area (Å²) in [4.78, 5) is 35.3. The molecule has 0 bridgehead atoms. The van der Waals surface area contributed by atoms with Crippen LogP contribution in [0.1, 0.15) is 38.7 Å². The lowest BCUT2D eigenvalue weighted by Crippen LogP contribution is -2.44. The molecule has 1 rings (SSSR count). The standard InChI is InChI=1S/C18H28N4O4/c1-12(2)10-16(24)22-15(4-3-9-20-18(19)26)17(25)21-14-7-5-13(11-23)6-8-14/h5-8,12,15,23H,3-4,9-11H2,1-2H3,(H,21,25)(H,22,24)(H3,19,20,26)/t15-/m1/s1. The smallest absolute Gasteiger partial charge is 0.312 e. The van der Waals surface area contributed by atoms with Crippen LogP contribution in [-0.4, -0.2) is 35.5 Å². The van der Waals surface area contributed by atoms with Gasteiger partial charge >= 0.3 is 6.03 Å².